The number of thioether (sulfide) groups is 1. The van der Waals surface area contributed by atoms with E-state index in [4.69, 9.17) is 4.74 Å². The lowest BCUT2D eigenvalue weighted by Gasteiger charge is -2.12. The van der Waals surface area contributed by atoms with Gasteiger partial charge in [0.15, 0.2) is 6.61 Å². The molecular weight excluding hydrogens is 400 g/mol. The molecule has 0 aliphatic heterocycles. The molecule has 2 amide bonds. The summed E-state index contributed by atoms with van der Waals surface area (Å²) in [4.78, 5) is 36.2. The highest BCUT2D eigenvalue weighted by molar-refractivity contribution is 8.01. The van der Waals surface area contributed by atoms with E-state index in [0.29, 0.717) is 11.4 Å². The summed E-state index contributed by atoms with van der Waals surface area (Å²) in [6, 6.07) is 13.4. The molecule has 0 bridgehead atoms. The molecule has 0 saturated heterocycles. The summed E-state index contributed by atoms with van der Waals surface area (Å²) in [5.41, 5.74) is 5.13. The summed E-state index contributed by atoms with van der Waals surface area (Å²) >= 11 is 1.17. The van der Waals surface area contributed by atoms with Crippen LogP contribution in [0.1, 0.15) is 30.0 Å². The number of anilines is 2. The monoisotopic (exact) mass is 426 g/mol. The second-order valence-corrected chi connectivity index (χ2v) is 8.69. The Kier molecular flexibility index (Phi) is 7.52. The number of hydrogen-bond acceptors (Lipinski definition) is 5. The summed E-state index contributed by atoms with van der Waals surface area (Å²) in [7, 11) is 0. The Morgan fingerprint density at radius 1 is 0.967 bits per heavy atom. The van der Waals surface area contributed by atoms with E-state index in [2.05, 4.69) is 10.6 Å². The standard InChI is InChI=1S/C23H26N2O4S/c1-15-6-9-19(10-7-15)24-22(27)14-30-16(2)23(28)29-13-21(26)25-20-11-8-17-4-3-5-18(17)12-20/h6-12,16H,3-5,13-14H2,1-2H3,(H,24,27)(H,25,26)/t16-/m1/s1. The maximum absolute atomic E-state index is 12.1. The number of ether oxygens (including phenoxy) is 1. The van der Waals surface area contributed by atoms with Crippen LogP contribution in [0, 0.1) is 6.92 Å². The van der Waals surface area contributed by atoms with Gasteiger partial charge in [0.2, 0.25) is 5.91 Å². The van der Waals surface area contributed by atoms with Gasteiger partial charge in [-0.2, -0.15) is 0 Å². The first-order valence-corrected chi connectivity index (χ1v) is 11.0. The summed E-state index contributed by atoms with van der Waals surface area (Å²) in [5.74, 6) is -0.980. The minimum atomic E-state index is -0.554. The van der Waals surface area contributed by atoms with Crippen molar-refractivity contribution in [3.63, 3.8) is 0 Å². The van der Waals surface area contributed by atoms with Crippen LogP contribution in [0.4, 0.5) is 11.4 Å². The van der Waals surface area contributed by atoms with Crippen LogP contribution in [-0.4, -0.2) is 35.4 Å². The van der Waals surface area contributed by atoms with E-state index < -0.39 is 11.2 Å². The normalized spacial score (nSPS) is 13.3. The average Bonchev–Trinajstić information content (AvgIpc) is 3.19. The molecule has 1 aliphatic rings. The molecule has 30 heavy (non-hydrogen) atoms. The maximum Gasteiger partial charge on any atom is 0.319 e. The van der Waals surface area contributed by atoms with Gasteiger partial charge in [-0.25, -0.2) is 0 Å². The van der Waals surface area contributed by atoms with Gasteiger partial charge >= 0.3 is 5.97 Å². The van der Waals surface area contributed by atoms with Crippen LogP contribution in [0.3, 0.4) is 0 Å². The highest BCUT2D eigenvalue weighted by atomic mass is 32.2. The van der Waals surface area contributed by atoms with Crippen molar-refractivity contribution in [3.8, 4) is 0 Å². The lowest BCUT2D eigenvalue weighted by molar-refractivity contribution is -0.146. The van der Waals surface area contributed by atoms with Crippen LogP contribution in [-0.2, 0) is 32.0 Å². The Morgan fingerprint density at radius 2 is 1.63 bits per heavy atom. The average molecular weight is 427 g/mol. The molecule has 158 valence electrons. The number of benzene rings is 2. The number of rotatable bonds is 8. The van der Waals surface area contributed by atoms with Crippen molar-refractivity contribution in [2.24, 2.45) is 0 Å². The third kappa shape index (κ3) is 6.35. The van der Waals surface area contributed by atoms with Gasteiger partial charge in [-0.3, -0.25) is 14.4 Å². The van der Waals surface area contributed by atoms with Gasteiger partial charge in [0, 0.05) is 11.4 Å². The number of carbonyl (C=O) groups excluding carboxylic acids is 3. The molecule has 6 nitrogen and oxygen atoms in total. The molecular formula is C23H26N2O4S. The van der Waals surface area contributed by atoms with Crippen LogP contribution in [0.25, 0.3) is 0 Å². The smallest absolute Gasteiger partial charge is 0.319 e. The largest absolute Gasteiger partial charge is 0.455 e. The molecule has 1 atom stereocenters. The van der Waals surface area contributed by atoms with E-state index in [0.717, 1.165) is 24.8 Å². The number of carbonyl (C=O) groups is 3. The van der Waals surface area contributed by atoms with Gasteiger partial charge in [0.1, 0.15) is 5.25 Å². The lowest BCUT2D eigenvalue weighted by Crippen LogP contribution is -2.26. The van der Waals surface area contributed by atoms with Crippen molar-refractivity contribution >= 4 is 40.9 Å². The molecule has 0 spiro atoms. The van der Waals surface area contributed by atoms with Gasteiger partial charge in [-0.15, -0.1) is 11.8 Å². The number of fused-ring (bicyclic) bond motifs is 1. The van der Waals surface area contributed by atoms with E-state index in [-0.39, 0.29) is 24.2 Å². The number of aryl methyl sites for hydroxylation is 3. The Labute approximate surface area is 180 Å². The first kappa shape index (κ1) is 21.9. The number of amides is 2. The van der Waals surface area contributed by atoms with Crippen LogP contribution in [0.15, 0.2) is 42.5 Å². The van der Waals surface area contributed by atoms with E-state index >= 15 is 0 Å². The highest BCUT2D eigenvalue weighted by Gasteiger charge is 2.18. The molecule has 0 heterocycles. The van der Waals surface area contributed by atoms with Gasteiger partial charge in [-0.1, -0.05) is 23.8 Å². The number of esters is 1. The van der Waals surface area contributed by atoms with Gasteiger partial charge in [0.05, 0.1) is 5.75 Å². The lowest BCUT2D eigenvalue weighted by atomic mass is 10.1. The number of nitrogens with one attached hydrogen (secondary N) is 2. The molecule has 2 aromatic rings. The molecule has 0 saturated carbocycles. The number of hydrogen-bond donors (Lipinski definition) is 2. The zero-order chi connectivity index (χ0) is 21.5. The molecule has 3 rings (SSSR count). The minimum absolute atomic E-state index is 0.117. The van der Waals surface area contributed by atoms with Gasteiger partial charge < -0.3 is 15.4 Å². The second-order valence-electron chi connectivity index (χ2n) is 7.36. The third-order valence-corrected chi connectivity index (χ3v) is 5.98. The summed E-state index contributed by atoms with van der Waals surface area (Å²) < 4.78 is 5.09. The Balaban J connectivity index is 1.37. The SMILES string of the molecule is Cc1ccc(NC(=O)CS[C@H](C)C(=O)OCC(=O)Nc2ccc3c(c2)CCC3)cc1. The summed E-state index contributed by atoms with van der Waals surface area (Å²) in [6.45, 7) is 3.28. The quantitative estimate of drug-likeness (QED) is 0.629. The predicted molar refractivity (Wildman–Crippen MR) is 120 cm³/mol. The molecule has 7 heteroatoms. The van der Waals surface area contributed by atoms with Crippen LogP contribution in [0.2, 0.25) is 0 Å². The molecule has 0 unspecified atom stereocenters. The zero-order valence-electron chi connectivity index (χ0n) is 17.2. The van der Waals surface area contributed by atoms with Crippen molar-refractivity contribution in [1.82, 2.24) is 0 Å². The van der Waals surface area contributed by atoms with Crippen molar-refractivity contribution in [3.05, 3.63) is 59.2 Å². The maximum atomic E-state index is 12.1. The molecule has 0 fully saturated rings. The van der Waals surface area contributed by atoms with E-state index in [9.17, 15) is 14.4 Å². The predicted octanol–water partition coefficient (Wildman–Crippen LogP) is 3.73. The van der Waals surface area contributed by atoms with Gasteiger partial charge in [0.25, 0.3) is 5.91 Å². The molecule has 2 N–H and O–H groups in total. The zero-order valence-corrected chi connectivity index (χ0v) is 18.0. The first-order chi connectivity index (χ1) is 14.4. The second kappa shape index (κ2) is 10.3. The highest BCUT2D eigenvalue weighted by Crippen LogP contribution is 2.24. The third-order valence-electron chi connectivity index (χ3n) is 4.86. The Bertz CT molecular complexity index is 927. The van der Waals surface area contributed by atoms with Crippen LogP contribution >= 0.6 is 11.8 Å². The fourth-order valence-electron chi connectivity index (χ4n) is 3.20. The van der Waals surface area contributed by atoms with Gasteiger partial charge in [-0.05, 0) is 68.5 Å². The van der Waals surface area contributed by atoms with Crippen LogP contribution < -0.4 is 10.6 Å². The summed E-state index contributed by atoms with van der Waals surface area (Å²) in [5, 5.41) is 4.99. The van der Waals surface area contributed by atoms with Crippen molar-refractivity contribution in [1.29, 1.82) is 0 Å². The Hall–Kier alpha value is -2.80. The summed E-state index contributed by atoms with van der Waals surface area (Å²) in [6.07, 6.45) is 3.25. The fourth-order valence-corrected chi connectivity index (χ4v) is 3.88. The van der Waals surface area contributed by atoms with Crippen molar-refractivity contribution in [2.45, 2.75) is 38.4 Å². The molecule has 1 aliphatic carbocycles. The fraction of sp³-hybridized carbons (Fsp3) is 0.348. The molecule has 0 radical (unpaired) electrons. The Morgan fingerprint density at radius 3 is 2.40 bits per heavy atom. The minimum Gasteiger partial charge on any atom is -0.455 e. The topological polar surface area (TPSA) is 84.5 Å². The van der Waals surface area contributed by atoms with E-state index in [1.54, 1.807) is 6.92 Å². The van der Waals surface area contributed by atoms with Crippen molar-refractivity contribution in [2.75, 3.05) is 23.0 Å². The first-order valence-electron chi connectivity index (χ1n) is 9.97. The van der Waals surface area contributed by atoms with E-state index in [1.165, 1.54) is 22.9 Å². The molecule has 2 aromatic carbocycles. The van der Waals surface area contributed by atoms with E-state index in [1.807, 2.05) is 49.4 Å². The van der Waals surface area contributed by atoms with Crippen LogP contribution in [0.5, 0.6) is 0 Å². The van der Waals surface area contributed by atoms with Crippen molar-refractivity contribution < 1.29 is 19.1 Å². The molecule has 0 aromatic heterocycles.